The molecule has 3 atom stereocenters. The normalized spacial score (nSPS) is 21.0. The molecule has 65 heavy (non-hydrogen) atoms. The average molecular weight is 903 g/mol. The maximum absolute atomic E-state index is 14.4. The molecule has 2 amide bonds. The topological polar surface area (TPSA) is 125 Å². The van der Waals surface area contributed by atoms with Crippen LogP contribution in [0, 0.1) is 16.2 Å². The maximum Gasteiger partial charge on any atom is 0.409 e. The van der Waals surface area contributed by atoms with E-state index in [9.17, 15) is 24.0 Å². The number of ether oxygens (including phenoxy) is 1. The molecule has 0 aromatic heterocycles. The first-order valence-electron chi connectivity index (χ1n) is 24.6. The predicted octanol–water partition coefficient (Wildman–Crippen LogP) is 11.4. The number of carbonyl (C=O) groups is 5. The quantitative estimate of drug-likeness (QED) is 0.0979. The van der Waals surface area contributed by atoms with Gasteiger partial charge in [0.2, 0.25) is 0 Å². The number of hydrogen-bond acceptors (Lipinski definition) is 8. The largest absolute Gasteiger partial charge is 0.449 e. The first-order valence-corrected chi connectivity index (χ1v) is 24.6. The molecule has 1 aromatic rings. The summed E-state index contributed by atoms with van der Waals surface area (Å²) in [6, 6.07) is 7.75. The zero-order valence-electron chi connectivity index (χ0n) is 43.8. The fraction of sp³-hybridized carbons (Fsp3) is 0.727. The first-order chi connectivity index (χ1) is 29.8. The van der Waals surface area contributed by atoms with Crippen LogP contribution in [0.2, 0.25) is 0 Å². The molecule has 3 rings (SSSR count). The van der Waals surface area contributed by atoms with E-state index in [1.54, 1.807) is 9.80 Å². The van der Waals surface area contributed by atoms with E-state index in [2.05, 4.69) is 55.7 Å². The van der Waals surface area contributed by atoms with Crippen LogP contribution in [-0.4, -0.2) is 93.1 Å². The van der Waals surface area contributed by atoms with E-state index in [0.717, 1.165) is 44.1 Å². The van der Waals surface area contributed by atoms with Gasteiger partial charge in [0.05, 0.1) is 23.2 Å². The third-order valence-corrected chi connectivity index (χ3v) is 12.7. The molecular weight excluding hydrogens is 813 g/mol. The number of likely N-dealkylation sites (tertiary alicyclic amines) is 2. The Kier molecular flexibility index (Phi) is 18.8. The van der Waals surface area contributed by atoms with E-state index >= 15 is 0 Å². The first kappa shape index (κ1) is 55.7. The van der Waals surface area contributed by atoms with Crippen molar-refractivity contribution < 1.29 is 28.7 Å². The Morgan fingerprint density at radius 2 is 1.23 bits per heavy atom. The molecule has 1 unspecified atom stereocenters. The molecule has 0 spiro atoms. The Morgan fingerprint density at radius 1 is 0.677 bits per heavy atom. The van der Waals surface area contributed by atoms with Crippen molar-refractivity contribution in [1.82, 2.24) is 20.4 Å². The highest BCUT2D eigenvalue weighted by Crippen LogP contribution is 2.38. The molecule has 0 bridgehead atoms. The number of hydrogen-bond donors (Lipinski definition) is 2. The predicted molar refractivity (Wildman–Crippen MR) is 266 cm³/mol. The maximum atomic E-state index is 14.4. The summed E-state index contributed by atoms with van der Waals surface area (Å²) in [4.78, 5) is 72.0. The van der Waals surface area contributed by atoms with Crippen LogP contribution in [0.5, 0.6) is 0 Å². The fourth-order valence-corrected chi connectivity index (χ4v) is 10.2. The molecule has 2 fully saturated rings. The molecular formula is C55H90N4O6. The second-order valence-corrected chi connectivity index (χ2v) is 24.5. The van der Waals surface area contributed by atoms with Crippen LogP contribution >= 0.6 is 0 Å². The van der Waals surface area contributed by atoms with Crippen LogP contribution in [0.25, 0.3) is 0 Å². The van der Waals surface area contributed by atoms with Crippen LogP contribution in [0.4, 0.5) is 4.79 Å². The summed E-state index contributed by atoms with van der Waals surface area (Å²) in [6.45, 7) is 33.7. The molecule has 1 aromatic carbocycles. The third kappa shape index (κ3) is 15.7. The minimum Gasteiger partial charge on any atom is -0.449 e. The van der Waals surface area contributed by atoms with Gasteiger partial charge in [0.25, 0.3) is 5.91 Å². The summed E-state index contributed by atoms with van der Waals surface area (Å²) in [5, 5.41) is 7.35. The number of carbonyl (C=O) groups excluding carboxylic acids is 5. The van der Waals surface area contributed by atoms with Crippen molar-refractivity contribution in [3.63, 3.8) is 0 Å². The van der Waals surface area contributed by atoms with Gasteiger partial charge < -0.3 is 19.9 Å². The molecule has 2 heterocycles. The number of unbranched alkanes of at least 4 members (excludes halogenated alkanes) is 3. The molecule has 2 aliphatic heterocycles. The zero-order valence-corrected chi connectivity index (χ0v) is 43.8. The number of benzene rings is 1. The van der Waals surface area contributed by atoms with Crippen LogP contribution in [0.1, 0.15) is 197 Å². The molecule has 10 nitrogen and oxygen atoms in total. The van der Waals surface area contributed by atoms with Crippen molar-refractivity contribution in [2.45, 2.75) is 216 Å². The smallest absolute Gasteiger partial charge is 0.409 e. The summed E-state index contributed by atoms with van der Waals surface area (Å²) < 4.78 is 5.67. The third-order valence-electron chi connectivity index (χ3n) is 12.7. The van der Waals surface area contributed by atoms with E-state index in [1.807, 2.05) is 114 Å². The number of Topliss-reactive ketones (excluding diaryl/α,β-unsaturated/α-hetero) is 3. The Bertz CT molecular complexity index is 1860. The van der Waals surface area contributed by atoms with Crippen molar-refractivity contribution in [3.8, 4) is 0 Å². The van der Waals surface area contributed by atoms with Crippen molar-refractivity contribution in [1.29, 1.82) is 0 Å². The van der Waals surface area contributed by atoms with Gasteiger partial charge >= 0.3 is 6.09 Å². The highest BCUT2D eigenvalue weighted by Gasteiger charge is 2.52. The van der Waals surface area contributed by atoms with Gasteiger partial charge in [-0.25, -0.2) is 4.79 Å². The van der Waals surface area contributed by atoms with Gasteiger partial charge in [0.1, 0.15) is 0 Å². The average Bonchev–Trinajstić information content (AvgIpc) is 3.79. The lowest BCUT2D eigenvalue weighted by Gasteiger charge is -2.43. The number of nitrogens with one attached hydrogen (secondary N) is 2. The Hall–Kier alpha value is -3.63. The van der Waals surface area contributed by atoms with Crippen molar-refractivity contribution >= 4 is 29.4 Å². The molecule has 10 heteroatoms. The highest BCUT2D eigenvalue weighted by molar-refractivity contribution is 6.02. The standard InChI is InChI=1S/C55H90N4O6/c1-48(2,3)44(61)53(16)33-29-37-59(53)43(60)42-32-25-24-31-41(42)30-23-19-21-27-35-54(56-51(10,11)12,45(62)49(4,5)6)34-26-20-17-18-22-28-39-65-47(64)58-38-36-55(40-58,57-52(13,14)15)46(63)50(7,8)9/h17-19,23-25,31-32,56-57H,20-22,26-30,33-40H2,1-16H3/b18-17+,23-19+/t53-,54?,55-/m0/s1. The Labute approximate surface area is 394 Å². The van der Waals surface area contributed by atoms with E-state index in [1.165, 1.54) is 0 Å². The Morgan fingerprint density at radius 3 is 1.77 bits per heavy atom. The lowest BCUT2D eigenvalue weighted by Crippen LogP contribution is -2.63. The van der Waals surface area contributed by atoms with Crippen molar-refractivity contribution in [2.75, 3.05) is 26.2 Å². The van der Waals surface area contributed by atoms with Crippen molar-refractivity contribution in [3.05, 3.63) is 59.7 Å². The van der Waals surface area contributed by atoms with E-state index < -0.39 is 32.9 Å². The number of allylic oxidation sites excluding steroid dienone is 4. The molecule has 0 radical (unpaired) electrons. The van der Waals surface area contributed by atoms with Crippen LogP contribution in [0.3, 0.4) is 0 Å². The lowest BCUT2D eigenvalue weighted by molar-refractivity contribution is -0.135. The van der Waals surface area contributed by atoms with Gasteiger partial charge in [-0.15, -0.1) is 0 Å². The summed E-state index contributed by atoms with van der Waals surface area (Å²) in [5.74, 6) is 0.371. The van der Waals surface area contributed by atoms with Crippen LogP contribution in [0.15, 0.2) is 48.6 Å². The number of rotatable bonds is 20. The van der Waals surface area contributed by atoms with E-state index in [4.69, 9.17) is 4.74 Å². The molecule has 2 N–H and O–H groups in total. The number of amides is 2. The van der Waals surface area contributed by atoms with Gasteiger partial charge in [0, 0.05) is 52.5 Å². The fourth-order valence-electron chi connectivity index (χ4n) is 10.2. The zero-order chi connectivity index (χ0) is 49.3. The summed E-state index contributed by atoms with van der Waals surface area (Å²) in [7, 11) is 0. The van der Waals surface area contributed by atoms with Crippen LogP contribution < -0.4 is 10.6 Å². The second-order valence-electron chi connectivity index (χ2n) is 24.5. The van der Waals surface area contributed by atoms with E-state index in [-0.39, 0.29) is 40.4 Å². The van der Waals surface area contributed by atoms with Gasteiger partial charge in [-0.05, 0) is 137 Å². The van der Waals surface area contributed by atoms with Crippen molar-refractivity contribution in [2.24, 2.45) is 16.2 Å². The SMILES string of the molecule is CC(C)(C)NC(CCC/C=C/CCCOC(=O)N1CC[C@@](NC(C)(C)C)(C(=O)C(C)(C)C)C1)(CCC/C=C/Cc1ccccc1C(=O)N1CCC[C@@]1(C)C(=O)C(C)(C)C)C(=O)C(C)(C)C. The summed E-state index contributed by atoms with van der Waals surface area (Å²) >= 11 is 0. The molecule has 0 saturated carbocycles. The van der Waals surface area contributed by atoms with Gasteiger partial charge in [-0.2, -0.15) is 0 Å². The highest BCUT2D eigenvalue weighted by atomic mass is 16.6. The molecule has 2 aliphatic rings. The number of ketones is 3. The minimum absolute atomic E-state index is 0.0772. The minimum atomic E-state index is -0.810. The van der Waals surface area contributed by atoms with Gasteiger partial charge in [-0.1, -0.05) is 105 Å². The summed E-state index contributed by atoms with van der Waals surface area (Å²) in [5.41, 5.74) is -2.86. The summed E-state index contributed by atoms with van der Waals surface area (Å²) in [6.07, 6.45) is 17.1. The van der Waals surface area contributed by atoms with Gasteiger partial charge in [-0.3, -0.25) is 24.5 Å². The van der Waals surface area contributed by atoms with E-state index in [0.29, 0.717) is 70.3 Å². The monoisotopic (exact) mass is 903 g/mol. The molecule has 0 aliphatic carbocycles. The second kappa shape index (κ2) is 22.0. The molecule has 2 saturated heterocycles. The van der Waals surface area contributed by atoms with Crippen LogP contribution in [-0.2, 0) is 25.5 Å². The Balaban J connectivity index is 1.57. The van der Waals surface area contributed by atoms with Gasteiger partial charge in [0.15, 0.2) is 17.3 Å². The number of nitrogens with zero attached hydrogens (tertiary/aromatic N) is 2. The molecule has 366 valence electrons. The lowest BCUT2D eigenvalue weighted by atomic mass is 9.72.